The molecule has 2 N–H and O–H groups in total. The highest BCUT2D eigenvalue weighted by Gasteiger charge is 2.06. The first kappa shape index (κ1) is 13.1. The number of furan rings is 1. The number of hydrogen-bond acceptors (Lipinski definition) is 7. The standard InChI is InChI=1S/C12H18N6O/c1-13-10-15-11(17-12(16-10)18(2)3)14-7-6-9-5-4-8-19-9/h4-5,8H,6-7H2,1-3H3,(H2,13,14,15,16,17). The fourth-order valence-electron chi connectivity index (χ4n) is 1.51. The van der Waals surface area contributed by atoms with Crippen molar-refractivity contribution < 1.29 is 4.42 Å². The molecule has 0 saturated carbocycles. The second kappa shape index (κ2) is 6.03. The normalized spacial score (nSPS) is 10.3. The minimum absolute atomic E-state index is 0.541. The second-order valence-corrected chi connectivity index (χ2v) is 4.18. The van der Waals surface area contributed by atoms with Crippen LogP contribution in [0, 0.1) is 0 Å². The summed E-state index contributed by atoms with van der Waals surface area (Å²) in [7, 11) is 5.56. The van der Waals surface area contributed by atoms with Crippen molar-refractivity contribution in [3.05, 3.63) is 24.2 Å². The first-order chi connectivity index (χ1) is 9.19. The average Bonchev–Trinajstić information content (AvgIpc) is 2.91. The molecule has 0 bridgehead atoms. The van der Waals surface area contributed by atoms with Gasteiger partial charge in [0.2, 0.25) is 17.8 Å². The lowest BCUT2D eigenvalue weighted by atomic mass is 10.3. The molecule has 7 nitrogen and oxygen atoms in total. The predicted molar refractivity (Wildman–Crippen MR) is 74.6 cm³/mol. The van der Waals surface area contributed by atoms with Crippen LogP contribution in [-0.2, 0) is 6.42 Å². The van der Waals surface area contributed by atoms with Gasteiger partial charge in [0, 0.05) is 34.1 Å². The van der Waals surface area contributed by atoms with E-state index in [0.29, 0.717) is 24.4 Å². The molecule has 0 radical (unpaired) electrons. The number of nitrogens with zero attached hydrogens (tertiary/aromatic N) is 4. The van der Waals surface area contributed by atoms with Crippen molar-refractivity contribution >= 4 is 17.8 Å². The minimum Gasteiger partial charge on any atom is -0.469 e. The smallest absolute Gasteiger partial charge is 0.231 e. The fourth-order valence-corrected chi connectivity index (χ4v) is 1.51. The Morgan fingerprint density at radius 3 is 2.63 bits per heavy atom. The topological polar surface area (TPSA) is 79.1 Å². The molecule has 2 heterocycles. The third kappa shape index (κ3) is 3.57. The van der Waals surface area contributed by atoms with Gasteiger partial charge in [-0.1, -0.05) is 0 Å². The van der Waals surface area contributed by atoms with Crippen LogP contribution in [-0.4, -0.2) is 42.6 Å². The van der Waals surface area contributed by atoms with Crippen LogP contribution in [0.3, 0.4) is 0 Å². The predicted octanol–water partition coefficient (Wildman–Crippen LogP) is 1.23. The summed E-state index contributed by atoms with van der Waals surface area (Å²) < 4.78 is 5.26. The molecule has 0 unspecified atom stereocenters. The lowest BCUT2D eigenvalue weighted by molar-refractivity contribution is 0.512. The molecule has 0 aliphatic heterocycles. The summed E-state index contributed by atoms with van der Waals surface area (Å²) in [6.45, 7) is 0.702. The Bertz CT molecular complexity index is 511. The van der Waals surface area contributed by atoms with Crippen LogP contribution in [0.4, 0.5) is 17.8 Å². The maximum absolute atomic E-state index is 5.26. The van der Waals surface area contributed by atoms with Crippen LogP contribution in [0.15, 0.2) is 22.8 Å². The molecule has 0 saturated heterocycles. The van der Waals surface area contributed by atoms with Crippen LogP contribution in [0.25, 0.3) is 0 Å². The van der Waals surface area contributed by atoms with Gasteiger partial charge < -0.3 is 20.0 Å². The third-order valence-electron chi connectivity index (χ3n) is 2.48. The lowest BCUT2D eigenvalue weighted by Gasteiger charge is -2.13. The van der Waals surface area contributed by atoms with Crippen molar-refractivity contribution in [1.82, 2.24) is 15.0 Å². The summed E-state index contributed by atoms with van der Waals surface area (Å²) in [6.07, 6.45) is 2.45. The van der Waals surface area contributed by atoms with Gasteiger partial charge >= 0.3 is 0 Å². The molecule has 2 aromatic heterocycles. The molecular weight excluding hydrogens is 244 g/mol. The Labute approximate surface area is 112 Å². The Balaban J connectivity index is 2.00. The molecule has 0 fully saturated rings. The molecule has 0 spiro atoms. The van der Waals surface area contributed by atoms with E-state index in [9.17, 15) is 0 Å². The number of hydrogen-bond donors (Lipinski definition) is 2. The highest BCUT2D eigenvalue weighted by molar-refractivity contribution is 5.42. The van der Waals surface area contributed by atoms with Gasteiger partial charge in [-0.05, 0) is 12.1 Å². The molecule has 0 atom stereocenters. The monoisotopic (exact) mass is 262 g/mol. The van der Waals surface area contributed by atoms with Crippen LogP contribution < -0.4 is 15.5 Å². The maximum Gasteiger partial charge on any atom is 0.231 e. The van der Waals surface area contributed by atoms with E-state index in [1.165, 1.54) is 0 Å². The van der Waals surface area contributed by atoms with Crippen molar-refractivity contribution in [3.8, 4) is 0 Å². The van der Waals surface area contributed by atoms with Crippen LogP contribution in [0.2, 0.25) is 0 Å². The van der Waals surface area contributed by atoms with Gasteiger partial charge in [-0.15, -0.1) is 0 Å². The number of nitrogens with one attached hydrogen (secondary N) is 2. The molecule has 19 heavy (non-hydrogen) atoms. The molecule has 7 heteroatoms. The Morgan fingerprint density at radius 1 is 1.21 bits per heavy atom. The van der Waals surface area contributed by atoms with Gasteiger partial charge in [-0.25, -0.2) is 0 Å². The zero-order chi connectivity index (χ0) is 13.7. The largest absolute Gasteiger partial charge is 0.469 e. The van der Waals surface area contributed by atoms with Gasteiger partial charge in [-0.2, -0.15) is 15.0 Å². The Kier molecular flexibility index (Phi) is 4.17. The van der Waals surface area contributed by atoms with Crippen LogP contribution in [0.5, 0.6) is 0 Å². The van der Waals surface area contributed by atoms with E-state index in [-0.39, 0.29) is 0 Å². The van der Waals surface area contributed by atoms with Gasteiger partial charge in [0.05, 0.1) is 6.26 Å². The zero-order valence-electron chi connectivity index (χ0n) is 11.3. The van der Waals surface area contributed by atoms with Gasteiger partial charge in [-0.3, -0.25) is 0 Å². The summed E-state index contributed by atoms with van der Waals surface area (Å²) in [6, 6.07) is 3.82. The van der Waals surface area contributed by atoms with E-state index < -0.39 is 0 Å². The third-order valence-corrected chi connectivity index (χ3v) is 2.48. The van der Waals surface area contributed by atoms with Crippen LogP contribution in [0.1, 0.15) is 5.76 Å². The summed E-state index contributed by atoms with van der Waals surface area (Å²) >= 11 is 0. The van der Waals surface area contributed by atoms with Crippen molar-refractivity contribution in [2.24, 2.45) is 0 Å². The quantitative estimate of drug-likeness (QED) is 0.810. The molecular formula is C12H18N6O. The van der Waals surface area contributed by atoms with E-state index >= 15 is 0 Å². The Morgan fingerprint density at radius 2 is 2.00 bits per heavy atom. The van der Waals surface area contributed by atoms with Gasteiger partial charge in [0.15, 0.2) is 0 Å². The van der Waals surface area contributed by atoms with E-state index in [1.807, 2.05) is 31.1 Å². The molecule has 0 aliphatic rings. The average molecular weight is 262 g/mol. The second-order valence-electron chi connectivity index (χ2n) is 4.18. The molecule has 0 amide bonds. The maximum atomic E-state index is 5.26. The van der Waals surface area contributed by atoms with E-state index in [1.54, 1.807) is 13.3 Å². The summed E-state index contributed by atoms with van der Waals surface area (Å²) in [5.41, 5.74) is 0. The lowest BCUT2D eigenvalue weighted by Crippen LogP contribution is -2.17. The number of rotatable bonds is 6. The van der Waals surface area contributed by atoms with E-state index in [4.69, 9.17) is 4.42 Å². The van der Waals surface area contributed by atoms with Gasteiger partial charge in [0.25, 0.3) is 0 Å². The zero-order valence-corrected chi connectivity index (χ0v) is 11.3. The first-order valence-corrected chi connectivity index (χ1v) is 6.06. The van der Waals surface area contributed by atoms with E-state index in [0.717, 1.165) is 12.2 Å². The van der Waals surface area contributed by atoms with Crippen molar-refractivity contribution in [1.29, 1.82) is 0 Å². The highest BCUT2D eigenvalue weighted by atomic mass is 16.3. The van der Waals surface area contributed by atoms with Crippen molar-refractivity contribution in [3.63, 3.8) is 0 Å². The number of anilines is 3. The minimum atomic E-state index is 0.541. The molecule has 0 aromatic carbocycles. The van der Waals surface area contributed by atoms with Crippen molar-refractivity contribution in [2.75, 3.05) is 43.2 Å². The summed E-state index contributed by atoms with van der Waals surface area (Å²) in [4.78, 5) is 14.7. The summed E-state index contributed by atoms with van der Waals surface area (Å²) in [5, 5.41) is 6.08. The molecule has 0 aliphatic carbocycles. The van der Waals surface area contributed by atoms with Crippen LogP contribution >= 0.6 is 0 Å². The first-order valence-electron chi connectivity index (χ1n) is 6.06. The summed E-state index contributed by atoms with van der Waals surface area (Å²) in [5.74, 6) is 2.64. The SMILES string of the molecule is CNc1nc(NCCc2ccco2)nc(N(C)C)n1. The molecule has 102 valence electrons. The van der Waals surface area contributed by atoms with Crippen molar-refractivity contribution in [2.45, 2.75) is 6.42 Å². The van der Waals surface area contributed by atoms with Gasteiger partial charge in [0.1, 0.15) is 5.76 Å². The number of aromatic nitrogens is 3. The highest BCUT2D eigenvalue weighted by Crippen LogP contribution is 2.11. The van der Waals surface area contributed by atoms with E-state index in [2.05, 4.69) is 25.6 Å². The molecule has 2 rings (SSSR count). The fraction of sp³-hybridized carbons (Fsp3) is 0.417. The molecule has 2 aromatic rings. The Hall–Kier alpha value is -2.31.